The molecule has 1 aromatic carbocycles. The van der Waals surface area contributed by atoms with Gasteiger partial charge in [-0.2, -0.15) is 0 Å². The lowest BCUT2D eigenvalue weighted by Crippen LogP contribution is -2.66. The third-order valence-electron chi connectivity index (χ3n) is 5.25. The molecule has 1 amide bonds. The number of amides is 1. The standard InChI is InChI=1S/C20H22N2O4/c23-17-5-3-4-15(12-17)19(24)22-13-20(14-22)16(8-11-26-20)7-10-25-18-6-1-2-9-21-18/h1-6,9,12,16,23H,7-8,10-11,13-14H2/t16-/m1/s1. The van der Waals surface area contributed by atoms with E-state index in [1.807, 2.05) is 18.2 Å². The van der Waals surface area contributed by atoms with E-state index in [2.05, 4.69) is 4.98 Å². The number of ether oxygens (including phenoxy) is 2. The molecule has 26 heavy (non-hydrogen) atoms. The van der Waals surface area contributed by atoms with Gasteiger partial charge in [0.05, 0.1) is 19.7 Å². The van der Waals surface area contributed by atoms with Crippen LogP contribution in [-0.4, -0.2) is 52.8 Å². The SMILES string of the molecule is O=C(c1cccc(O)c1)N1CC2(C1)OCC[C@H]2CCOc1ccccn1. The molecule has 6 heteroatoms. The number of hydrogen-bond donors (Lipinski definition) is 1. The Bertz CT molecular complexity index is 774. The molecule has 1 N–H and O–H groups in total. The van der Waals surface area contributed by atoms with Crippen molar-refractivity contribution in [3.05, 3.63) is 54.2 Å². The Morgan fingerprint density at radius 1 is 1.31 bits per heavy atom. The van der Waals surface area contributed by atoms with E-state index in [0.29, 0.717) is 37.1 Å². The molecule has 136 valence electrons. The Kier molecular flexibility index (Phi) is 4.51. The van der Waals surface area contributed by atoms with Gasteiger partial charge in [-0.3, -0.25) is 4.79 Å². The minimum absolute atomic E-state index is 0.0643. The number of carbonyl (C=O) groups is 1. The Morgan fingerprint density at radius 3 is 2.96 bits per heavy atom. The van der Waals surface area contributed by atoms with E-state index in [1.165, 1.54) is 6.07 Å². The Balaban J connectivity index is 1.32. The Morgan fingerprint density at radius 2 is 2.19 bits per heavy atom. The first-order valence-corrected chi connectivity index (χ1v) is 8.92. The molecule has 4 rings (SSSR count). The highest BCUT2D eigenvalue weighted by molar-refractivity contribution is 5.95. The number of phenols is 1. The van der Waals surface area contributed by atoms with Gasteiger partial charge in [0, 0.05) is 24.4 Å². The van der Waals surface area contributed by atoms with Gasteiger partial charge in [0.2, 0.25) is 5.88 Å². The molecule has 2 aliphatic heterocycles. The predicted molar refractivity (Wildman–Crippen MR) is 95.1 cm³/mol. The quantitative estimate of drug-likeness (QED) is 0.893. The van der Waals surface area contributed by atoms with Gasteiger partial charge in [-0.1, -0.05) is 12.1 Å². The summed E-state index contributed by atoms with van der Waals surface area (Å²) >= 11 is 0. The highest BCUT2D eigenvalue weighted by Gasteiger charge is 2.54. The van der Waals surface area contributed by atoms with Crippen LogP contribution in [-0.2, 0) is 4.74 Å². The van der Waals surface area contributed by atoms with Crippen LogP contribution in [0.2, 0.25) is 0 Å². The molecule has 0 unspecified atom stereocenters. The third-order valence-corrected chi connectivity index (χ3v) is 5.25. The van der Waals surface area contributed by atoms with E-state index in [1.54, 1.807) is 29.3 Å². The van der Waals surface area contributed by atoms with Gasteiger partial charge < -0.3 is 19.5 Å². The first-order chi connectivity index (χ1) is 12.7. The largest absolute Gasteiger partial charge is 0.508 e. The molecule has 0 saturated carbocycles. The number of phenolic OH excluding ortho intramolecular Hbond substituents is 1. The second-order valence-electron chi connectivity index (χ2n) is 6.92. The fraction of sp³-hybridized carbons (Fsp3) is 0.400. The average Bonchev–Trinajstić information content (AvgIpc) is 3.05. The lowest BCUT2D eigenvalue weighted by Gasteiger charge is -2.50. The van der Waals surface area contributed by atoms with Crippen molar-refractivity contribution in [1.82, 2.24) is 9.88 Å². The van der Waals surface area contributed by atoms with Crippen molar-refractivity contribution in [2.24, 2.45) is 5.92 Å². The van der Waals surface area contributed by atoms with Gasteiger partial charge in [0.1, 0.15) is 11.4 Å². The van der Waals surface area contributed by atoms with E-state index >= 15 is 0 Å². The van der Waals surface area contributed by atoms with Crippen LogP contribution < -0.4 is 4.74 Å². The molecule has 2 aromatic rings. The summed E-state index contributed by atoms with van der Waals surface area (Å²) in [5, 5.41) is 9.56. The maximum atomic E-state index is 12.6. The topological polar surface area (TPSA) is 71.9 Å². The summed E-state index contributed by atoms with van der Waals surface area (Å²) in [5.74, 6) is 1.05. The van der Waals surface area contributed by atoms with Crippen LogP contribution in [0.3, 0.4) is 0 Å². The van der Waals surface area contributed by atoms with Gasteiger partial charge in [-0.15, -0.1) is 0 Å². The number of nitrogens with zero attached hydrogens (tertiary/aromatic N) is 2. The van der Waals surface area contributed by atoms with Crippen molar-refractivity contribution >= 4 is 5.91 Å². The lowest BCUT2D eigenvalue weighted by molar-refractivity contribution is -0.119. The van der Waals surface area contributed by atoms with Crippen LogP contribution in [0.25, 0.3) is 0 Å². The molecule has 0 aliphatic carbocycles. The number of aromatic hydroxyl groups is 1. The van der Waals surface area contributed by atoms with Crippen LogP contribution in [0.5, 0.6) is 11.6 Å². The van der Waals surface area contributed by atoms with E-state index in [9.17, 15) is 9.90 Å². The second kappa shape index (κ2) is 6.96. The fourth-order valence-corrected chi connectivity index (χ4v) is 3.85. The maximum Gasteiger partial charge on any atom is 0.254 e. The summed E-state index contributed by atoms with van der Waals surface area (Å²) < 4.78 is 11.7. The minimum Gasteiger partial charge on any atom is -0.508 e. The molecule has 2 saturated heterocycles. The van der Waals surface area contributed by atoms with Gasteiger partial charge in [-0.25, -0.2) is 4.98 Å². The van der Waals surface area contributed by atoms with E-state index in [0.717, 1.165) is 19.4 Å². The van der Waals surface area contributed by atoms with Crippen molar-refractivity contribution in [2.45, 2.75) is 18.4 Å². The van der Waals surface area contributed by atoms with Gasteiger partial charge in [-0.05, 0) is 43.0 Å². The van der Waals surface area contributed by atoms with Crippen molar-refractivity contribution in [3.63, 3.8) is 0 Å². The van der Waals surface area contributed by atoms with Crippen molar-refractivity contribution < 1.29 is 19.4 Å². The summed E-state index contributed by atoms with van der Waals surface area (Å²) in [6.45, 7) is 2.50. The first-order valence-electron chi connectivity index (χ1n) is 8.92. The normalized spacial score (nSPS) is 20.8. The first kappa shape index (κ1) is 16.8. The Labute approximate surface area is 152 Å². The lowest BCUT2D eigenvalue weighted by atomic mass is 9.79. The highest BCUT2D eigenvalue weighted by Crippen LogP contribution is 2.42. The van der Waals surface area contributed by atoms with Crippen LogP contribution >= 0.6 is 0 Å². The molecule has 1 spiro atoms. The van der Waals surface area contributed by atoms with E-state index in [4.69, 9.17) is 9.47 Å². The highest BCUT2D eigenvalue weighted by atomic mass is 16.5. The number of rotatable bonds is 5. The van der Waals surface area contributed by atoms with Crippen molar-refractivity contribution in [1.29, 1.82) is 0 Å². The van der Waals surface area contributed by atoms with E-state index < -0.39 is 0 Å². The van der Waals surface area contributed by atoms with Crippen LogP contribution in [0.15, 0.2) is 48.7 Å². The molecular weight excluding hydrogens is 332 g/mol. The Hall–Kier alpha value is -2.60. The molecular formula is C20H22N2O4. The number of likely N-dealkylation sites (tertiary alicyclic amines) is 1. The van der Waals surface area contributed by atoms with E-state index in [-0.39, 0.29) is 17.3 Å². The summed E-state index contributed by atoms with van der Waals surface area (Å²) in [6, 6.07) is 12.1. The average molecular weight is 354 g/mol. The summed E-state index contributed by atoms with van der Waals surface area (Å²) in [5.41, 5.74) is 0.257. The fourth-order valence-electron chi connectivity index (χ4n) is 3.85. The summed E-state index contributed by atoms with van der Waals surface area (Å²) in [4.78, 5) is 18.5. The zero-order valence-electron chi connectivity index (χ0n) is 14.5. The molecule has 6 nitrogen and oxygen atoms in total. The number of pyridine rings is 1. The molecule has 1 aromatic heterocycles. The molecule has 1 atom stereocenters. The smallest absolute Gasteiger partial charge is 0.254 e. The maximum absolute atomic E-state index is 12.6. The second-order valence-corrected chi connectivity index (χ2v) is 6.92. The van der Waals surface area contributed by atoms with Crippen molar-refractivity contribution in [3.8, 4) is 11.6 Å². The summed E-state index contributed by atoms with van der Waals surface area (Å²) in [6.07, 6.45) is 3.58. The zero-order valence-corrected chi connectivity index (χ0v) is 14.5. The zero-order chi connectivity index (χ0) is 18.0. The monoisotopic (exact) mass is 354 g/mol. The third kappa shape index (κ3) is 3.24. The number of benzene rings is 1. The number of hydrogen-bond acceptors (Lipinski definition) is 5. The summed E-state index contributed by atoms with van der Waals surface area (Å²) in [7, 11) is 0. The van der Waals surface area contributed by atoms with Crippen LogP contribution in [0.1, 0.15) is 23.2 Å². The molecule has 0 radical (unpaired) electrons. The van der Waals surface area contributed by atoms with Crippen LogP contribution in [0, 0.1) is 5.92 Å². The number of aromatic nitrogens is 1. The molecule has 3 heterocycles. The van der Waals surface area contributed by atoms with Crippen molar-refractivity contribution in [2.75, 3.05) is 26.3 Å². The predicted octanol–water partition coefficient (Wildman–Crippen LogP) is 2.49. The number of carbonyl (C=O) groups excluding carboxylic acids is 1. The molecule has 0 bridgehead atoms. The van der Waals surface area contributed by atoms with Gasteiger partial charge >= 0.3 is 0 Å². The van der Waals surface area contributed by atoms with Gasteiger partial charge in [0.25, 0.3) is 5.91 Å². The van der Waals surface area contributed by atoms with Crippen LogP contribution in [0.4, 0.5) is 0 Å². The molecule has 2 fully saturated rings. The molecule has 2 aliphatic rings. The minimum atomic E-state index is -0.250. The van der Waals surface area contributed by atoms with Gasteiger partial charge in [0.15, 0.2) is 0 Å².